The lowest BCUT2D eigenvalue weighted by atomic mass is 10.1. The van der Waals surface area contributed by atoms with Crippen molar-refractivity contribution in [1.82, 2.24) is 15.0 Å². The van der Waals surface area contributed by atoms with Crippen molar-refractivity contribution >= 4 is 11.8 Å². The molecule has 0 aromatic carbocycles. The van der Waals surface area contributed by atoms with E-state index in [9.17, 15) is 4.79 Å². The molecule has 6 heteroatoms. The maximum Gasteiger partial charge on any atom is 0.308 e. The Kier molecular flexibility index (Phi) is 3.51. The fourth-order valence-electron chi connectivity index (χ4n) is 2.51. The second-order valence-electron chi connectivity index (χ2n) is 5.20. The molecule has 0 saturated carbocycles. The molecule has 1 atom stereocenters. The summed E-state index contributed by atoms with van der Waals surface area (Å²) in [4.78, 5) is 26.1. The van der Waals surface area contributed by atoms with Crippen LogP contribution in [-0.4, -0.2) is 39.1 Å². The number of hydrogen-bond donors (Lipinski definition) is 1. The van der Waals surface area contributed by atoms with Crippen molar-refractivity contribution < 1.29 is 9.90 Å². The number of anilines is 1. The van der Waals surface area contributed by atoms with Gasteiger partial charge in [0, 0.05) is 42.8 Å². The van der Waals surface area contributed by atoms with Crippen LogP contribution in [0.5, 0.6) is 0 Å². The molecule has 108 valence electrons. The zero-order valence-corrected chi connectivity index (χ0v) is 11.7. The number of aliphatic carboxylic acids is 1. The second kappa shape index (κ2) is 5.47. The van der Waals surface area contributed by atoms with E-state index in [2.05, 4.69) is 15.0 Å². The van der Waals surface area contributed by atoms with Gasteiger partial charge in [0.1, 0.15) is 5.82 Å². The molecule has 1 aliphatic heterocycles. The molecule has 0 aliphatic carbocycles. The van der Waals surface area contributed by atoms with E-state index in [-0.39, 0.29) is 5.92 Å². The van der Waals surface area contributed by atoms with Gasteiger partial charge in [-0.1, -0.05) is 0 Å². The fourth-order valence-corrected chi connectivity index (χ4v) is 2.51. The van der Waals surface area contributed by atoms with Gasteiger partial charge in [-0.25, -0.2) is 9.97 Å². The predicted octanol–water partition coefficient (Wildman–Crippen LogP) is 1.76. The molecule has 2 aromatic heterocycles. The summed E-state index contributed by atoms with van der Waals surface area (Å²) in [5.74, 6) is 0.381. The van der Waals surface area contributed by atoms with Crippen LogP contribution in [0.1, 0.15) is 12.1 Å². The number of rotatable bonds is 3. The number of carbonyl (C=O) groups is 1. The third kappa shape index (κ3) is 2.84. The van der Waals surface area contributed by atoms with Crippen LogP contribution in [0.15, 0.2) is 30.6 Å². The standard InChI is InChI=1S/C15H16N4O2/c1-10-8-13(19-7-4-12(9-19)15(20)21)18-14(17-10)11-2-5-16-6-3-11/h2-3,5-6,8,12H,4,7,9H2,1H3,(H,20,21). The van der Waals surface area contributed by atoms with Gasteiger partial charge in [-0.05, 0) is 25.5 Å². The average Bonchev–Trinajstić information content (AvgIpc) is 2.98. The summed E-state index contributed by atoms with van der Waals surface area (Å²) in [7, 11) is 0. The topological polar surface area (TPSA) is 79.2 Å². The average molecular weight is 284 g/mol. The van der Waals surface area contributed by atoms with Gasteiger partial charge in [0.2, 0.25) is 0 Å². The normalized spacial score (nSPS) is 18.0. The molecule has 1 fully saturated rings. The van der Waals surface area contributed by atoms with Crippen molar-refractivity contribution in [3.05, 3.63) is 36.3 Å². The molecule has 2 aromatic rings. The van der Waals surface area contributed by atoms with Crippen molar-refractivity contribution in [2.75, 3.05) is 18.0 Å². The van der Waals surface area contributed by atoms with E-state index in [4.69, 9.17) is 5.11 Å². The van der Waals surface area contributed by atoms with Crippen molar-refractivity contribution in [3.8, 4) is 11.4 Å². The highest BCUT2D eigenvalue weighted by Gasteiger charge is 2.29. The number of carboxylic acids is 1. The van der Waals surface area contributed by atoms with E-state index >= 15 is 0 Å². The summed E-state index contributed by atoms with van der Waals surface area (Å²) in [6.45, 7) is 3.13. The highest BCUT2D eigenvalue weighted by Crippen LogP contribution is 2.25. The molecular weight excluding hydrogens is 268 g/mol. The highest BCUT2D eigenvalue weighted by molar-refractivity contribution is 5.72. The number of carboxylic acid groups (broad SMARTS) is 1. The Morgan fingerprint density at radius 2 is 2.10 bits per heavy atom. The SMILES string of the molecule is Cc1cc(N2CCC(C(=O)O)C2)nc(-c2ccncc2)n1. The molecule has 0 radical (unpaired) electrons. The maximum atomic E-state index is 11.1. The van der Waals surface area contributed by atoms with E-state index in [1.54, 1.807) is 12.4 Å². The van der Waals surface area contributed by atoms with Crippen LogP contribution in [0, 0.1) is 12.8 Å². The van der Waals surface area contributed by atoms with Gasteiger partial charge in [-0.2, -0.15) is 0 Å². The van der Waals surface area contributed by atoms with Crippen LogP contribution in [0.3, 0.4) is 0 Å². The quantitative estimate of drug-likeness (QED) is 0.925. The smallest absolute Gasteiger partial charge is 0.308 e. The lowest BCUT2D eigenvalue weighted by molar-refractivity contribution is -0.140. The minimum atomic E-state index is -0.738. The third-order valence-electron chi connectivity index (χ3n) is 3.64. The van der Waals surface area contributed by atoms with E-state index in [1.165, 1.54) is 0 Å². The number of hydrogen-bond acceptors (Lipinski definition) is 5. The summed E-state index contributed by atoms with van der Waals surface area (Å²) >= 11 is 0. The Balaban J connectivity index is 1.91. The van der Waals surface area contributed by atoms with Gasteiger partial charge in [-0.15, -0.1) is 0 Å². The van der Waals surface area contributed by atoms with Crippen LogP contribution < -0.4 is 4.90 Å². The first-order valence-corrected chi connectivity index (χ1v) is 6.87. The molecule has 1 saturated heterocycles. The summed E-state index contributed by atoms with van der Waals surface area (Å²) in [5.41, 5.74) is 1.77. The second-order valence-corrected chi connectivity index (χ2v) is 5.20. The Morgan fingerprint density at radius 1 is 1.33 bits per heavy atom. The van der Waals surface area contributed by atoms with Gasteiger partial charge in [0.05, 0.1) is 5.92 Å². The molecule has 1 N–H and O–H groups in total. The Bertz CT molecular complexity index is 660. The molecule has 0 bridgehead atoms. The largest absolute Gasteiger partial charge is 0.481 e. The molecule has 3 rings (SSSR count). The number of nitrogens with zero attached hydrogens (tertiary/aromatic N) is 4. The summed E-state index contributed by atoms with van der Waals surface area (Å²) in [5, 5.41) is 9.10. The van der Waals surface area contributed by atoms with Gasteiger partial charge in [0.15, 0.2) is 5.82 Å². The van der Waals surface area contributed by atoms with Gasteiger partial charge in [-0.3, -0.25) is 9.78 Å². The van der Waals surface area contributed by atoms with E-state index in [1.807, 2.05) is 30.0 Å². The molecular formula is C15H16N4O2. The van der Waals surface area contributed by atoms with Crippen LogP contribution in [-0.2, 0) is 4.79 Å². The van der Waals surface area contributed by atoms with Crippen molar-refractivity contribution in [2.24, 2.45) is 5.92 Å². The molecule has 3 heterocycles. The Labute approximate surface area is 122 Å². The minimum absolute atomic E-state index is 0.315. The van der Waals surface area contributed by atoms with Crippen molar-refractivity contribution in [2.45, 2.75) is 13.3 Å². The number of aromatic nitrogens is 3. The van der Waals surface area contributed by atoms with Crippen LogP contribution in [0.2, 0.25) is 0 Å². The van der Waals surface area contributed by atoms with Crippen molar-refractivity contribution in [1.29, 1.82) is 0 Å². The monoisotopic (exact) mass is 284 g/mol. The third-order valence-corrected chi connectivity index (χ3v) is 3.64. The first kappa shape index (κ1) is 13.5. The fraction of sp³-hybridized carbons (Fsp3) is 0.333. The zero-order valence-electron chi connectivity index (χ0n) is 11.7. The van der Waals surface area contributed by atoms with Crippen LogP contribution in [0.25, 0.3) is 11.4 Å². The zero-order chi connectivity index (χ0) is 14.8. The first-order valence-electron chi connectivity index (χ1n) is 6.87. The summed E-state index contributed by atoms with van der Waals surface area (Å²) < 4.78 is 0. The summed E-state index contributed by atoms with van der Waals surface area (Å²) in [6.07, 6.45) is 4.07. The Hall–Kier alpha value is -2.50. The molecule has 0 amide bonds. The molecule has 6 nitrogen and oxygen atoms in total. The number of pyridine rings is 1. The van der Waals surface area contributed by atoms with Gasteiger partial charge in [0.25, 0.3) is 0 Å². The number of aryl methyl sites for hydroxylation is 1. The molecule has 1 aliphatic rings. The van der Waals surface area contributed by atoms with Crippen LogP contribution >= 0.6 is 0 Å². The lowest BCUT2D eigenvalue weighted by Crippen LogP contribution is -2.23. The van der Waals surface area contributed by atoms with Gasteiger partial charge >= 0.3 is 5.97 Å². The maximum absolute atomic E-state index is 11.1. The van der Waals surface area contributed by atoms with E-state index in [0.29, 0.717) is 25.3 Å². The molecule has 1 unspecified atom stereocenters. The molecule has 21 heavy (non-hydrogen) atoms. The van der Waals surface area contributed by atoms with E-state index < -0.39 is 5.97 Å². The Morgan fingerprint density at radius 3 is 2.76 bits per heavy atom. The minimum Gasteiger partial charge on any atom is -0.481 e. The van der Waals surface area contributed by atoms with E-state index in [0.717, 1.165) is 17.1 Å². The van der Waals surface area contributed by atoms with Gasteiger partial charge < -0.3 is 10.0 Å². The predicted molar refractivity (Wildman–Crippen MR) is 78.0 cm³/mol. The lowest BCUT2D eigenvalue weighted by Gasteiger charge is -2.18. The summed E-state index contributed by atoms with van der Waals surface area (Å²) in [6, 6.07) is 5.63. The van der Waals surface area contributed by atoms with Crippen LogP contribution in [0.4, 0.5) is 5.82 Å². The molecule has 0 spiro atoms. The highest BCUT2D eigenvalue weighted by atomic mass is 16.4. The van der Waals surface area contributed by atoms with Crippen molar-refractivity contribution in [3.63, 3.8) is 0 Å². The first-order chi connectivity index (χ1) is 10.1.